The van der Waals surface area contributed by atoms with Gasteiger partial charge in [0.05, 0.1) is 23.0 Å². The second-order valence-corrected chi connectivity index (χ2v) is 9.94. The van der Waals surface area contributed by atoms with Crippen LogP contribution < -0.4 is 0 Å². The molecule has 0 atom stereocenters. The molecular formula is C25H29NO7S. The van der Waals surface area contributed by atoms with Crippen LogP contribution in [0.1, 0.15) is 53.0 Å². The Morgan fingerprint density at radius 1 is 0.882 bits per heavy atom. The fraction of sp³-hybridized carbons (Fsp3) is 0.400. The first-order chi connectivity index (χ1) is 16.3. The van der Waals surface area contributed by atoms with Crippen molar-refractivity contribution in [2.45, 2.75) is 38.0 Å². The van der Waals surface area contributed by atoms with Crippen molar-refractivity contribution in [1.29, 1.82) is 0 Å². The van der Waals surface area contributed by atoms with E-state index < -0.39 is 27.9 Å². The van der Waals surface area contributed by atoms with Crippen LogP contribution in [-0.4, -0.2) is 56.7 Å². The summed E-state index contributed by atoms with van der Waals surface area (Å²) in [6.45, 7) is 3.93. The number of Topliss-reactive ketones (excluding diaryl/α,β-unsaturated/α-hetero) is 1. The monoisotopic (exact) mass is 487 g/mol. The highest BCUT2D eigenvalue weighted by Gasteiger charge is 2.33. The lowest BCUT2D eigenvalue weighted by Gasteiger charge is -2.30. The van der Waals surface area contributed by atoms with E-state index in [0.717, 1.165) is 12.0 Å². The molecule has 0 N–H and O–H groups in total. The predicted molar refractivity (Wildman–Crippen MR) is 125 cm³/mol. The minimum absolute atomic E-state index is 0.0706. The second-order valence-electron chi connectivity index (χ2n) is 8.00. The molecule has 0 unspecified atom stereocenters. The highest BCUT2D eigenvalue weighted by molar-refractivity contribution is 7.89. The van der Waals surface area contributed by atoms with Gasteiger partial charge in [0, 0.05) is 18.7 Å². The fourth-order valence-electron chi connectivity index (χ4n) is 3.72. The van der Waals surface area contributed by atoms with Gasteiger partial charge in [0.15, 0.2) is 12.4 Å². The van der Waals surface area contributed by atoms with Crippen molar-refractivity contribution < 1.29 is 32.3 Å². The van der Waals surface area contributed by atoms with Crippen molar-refractivity contribution >= 4 is 27.7 Å². The van der Waals surface area contributed by atoms with Gasteiger partial charge in [-0.25, -0.2) is 13.2 Å². The number of carbonyl (C=O) groups excluding carboxylic acids is 3. The number of esters is 2. The van der Waals surface area contributed by atoms with Crippen LogP contribution in [0.3, 0.4) is 0 Å². The van der Waals surface area contributed by atoms with Gasteiger partial charge in [-0.2, -0.15) is 4.31 Å². The van der Waals surface area contributed by atoms with Crippen molar-refractivity contribution in [1.82, 2.24) is 4.31 Å². The molecule has 0 amide bonds. The van der Waals surface area contributed by atoms with Gasteiger partial charge in [0.2, 0.25) is 10.0 Å². The Morgan fingerprint density at radius 3 is 2.03 bits per heavy atom. The average molecular weight is 488 g/mol. The second kappa shape index (κ2) is 11.4. The largest absolute Gasteiger partial charge is 0.462 e. The fourth-order valence-corrected chi connectivity index (χ4v) is 5.19. The SMILES string of the molecule is CCOC(=O)c1ccc(S(=O)(=O)N2CCC(C(=O)OCC(=O)c3ccc(CC)cc3)CC2)cc1. The molecule has 2 aromatic rings. The van der Waals surface area contributed by atoms with Crippen molar-refractivity contribution in [2.24, 2.45) is 5.92 Å². The highest BCUT2D eigenvalue weighted by atomic mass is 32.2. The predicted octanol–water partition coefficient (Wildman–Crippen LogP) is 3.25. The van der Waals surface area contributed by atoms with E-state index in [0.29, 0.717) is 18.4 Å². The first-order valence-corrected chi connectivity index (χ1v) is 12.8. The summed E-state index contributed by atoms with van der Waals surface area (Å²) in [5.74, 6) is -1.74. The Balaban J connectivity index is 1.52. The molecule has 0 saturated carbocycles. The minimum Gasteiger partial charge on any atom is -0.462 e. The lowest BCUT2D eigenvalue weighted by Crippen LogP contribution is -2.40. The van der Waals surface area contributed by atoms with Crippen LogP contribution in [0.25, 0.3) is 0 Å². The maximum atomic E-state index is 12.9. The zero-order valence-corrected chi connectivity index (χ0v) is 20.2. The van der Waals surface area contributed by atoms with Crippen LogP contribution in [0, 0.1) is 5.92 Å². The zero-order valence-electron chi connectivity index (χ0n) is 19.4. The number of carbonyl (C=O) groups is 3. The van der Waals surface area contributed by atoms with E-state index in [2.05, 4.69) is 0 Å². The first-order valence-electron chi connectivity index (χ1n) is 11.3. The number of ether oxygens (including phenoxy) is 2. The number of piperidine rings is 1. The maximum Gasteiger partial charge on any atom is 0.338 e. The third-order valence-electron chi connectivity index (χ3n) is 5.82. The molecular weight excluding hydrogens is 458 g/mol. The van der Waals surface area contributed by atoms with Crippen LogP contribution >= 0.6 is 0 Å². The van der Waals surface area contributed by atoms with E-state index in [1.807, 2.05) is 19.1 Å². The molecule has 0 aromatic heterocycles. The van der Waals surface area contributed by atoms with E-state index >= 15 is 0 Å². The van der Waals surface area contributed by atoms with Crippen LogP contribution in [0.4, 0.5) is 0 Å². The van der Waals surface area contributed by atoms with E-state index in [-0.39, 0.29) is 42.5 Å². The summed E-state index contributed by atoms with van der Waals surface area (Å²) in [6, 6.07) is 12.8. The normalized spacial score (nSPS) is 15.0. The molecule has 0 spiro atoms. The van der Waals surface area contributed by atoms with Gasteiger partial charge in [-0.15, -0.1) is 0 Å². The molecule has 0 bridgehead atoms. The number of rotatable bonds is 9. The molecule has 8 nitrogen and oxygen atoms in total. The molecule has 1 saturated heterocycles. The smallest absolute Gasteiger partial charge is 0.338 e. The van der Waals surface area contributed by atoms with Crippen LogP contribution in [0.2, 0.25) is 0 Å². The molecule has 1 aliphatic heterocycles. The Kier molecular flexibility index (Phi) is 8.57. The van der Waals surface area contributed by atoms with Gasteiger partial charge in [0.25, 0.3) is 0 Å². The van der Waals surface area contributed by atoms with Crippen molar-refractivity contribution in [3.05, 3.63) is 65.2 Å². The van der Waals surface area contributed by atoms with Gasteiger partial charge in [-0.1, -0.05) is 31.2 Å². The van der Waals surface area contributed by atoms with E-state index in [1.165, 1.54) is 28.6 Å². The standard InChI is InChI=1S/C25H29NO7S/c1-3-18-5-7-19(8-6-18)23(27)17-33-25(29)21-13-15-26(16-14-21)34(30,31)22-11-9-20(10-12-22)24(28)32-4-2/h5-12,21H,3-4,13-17H2,1-2H3. The average Bonchev–Trinajstić information content (AvgIpc) is 2.87. The molecule has 1 aliphatic rings. The summed E-state index contributed by atoms with van der Waals surface area (Å²) in [5.41, 5.74) is 1.88. The number of hydrogen-bond acceptors (Lipinski definition) is 7. The quantitative estimate of drug-likeness (QED) is 0.395. The summed E-state index contributed by atoms with van der Waals surface area (Å²) < 4.78 is 37.3. The summed E-state index contributed by atoms with van der Waals surface area (Å²) in [6.07, 6.45) is 1.48. The number of nitrogens with zero attached hydrogens (tertiary/aromatic N) is 1. The molecule has 0 aliphatic carbocycles. The molecule has 2 aromatic carbocycles. The number of sulfonamides is 1. The Morgan fingerprint density at radius 2 is 1.47 bits per heavy atom. The Bertz CT molecular complexity index is 1120. The Hall–Kier alpha value is -3.04. The van der Waals surface area contributed by atoms with E-state index in [1.54, 1.807) is 19.1 Å². The number of benzene rings is 2. The van der Waals surface area contributed by atoms with Crippen molar-refractivity contribution in [3.63, 3.8) is 0 Å². The minimum atomic E-state index is -3.76. The zero-order chi connectivity index (χ0) is 24.7. The molecule has 3 rings (SSSR count). The van der Waals surface area contributed by atoms with E-state index in [4.69, 9.17) is 9.47 Å². The van der Waals surface area contributed by atoms with Gasteiger partial charge in [-0.3, -0.25) is 9.59 Å². The first kappa shape index (κ1) is 25.6. The molecule has 9 heteroatoms. The van der Waals surface area contributed by atoms with Crippen LogP contribution in [0.15, 0.2) is 53.4 Å². The number of hydrogen-bond donors (Lipinski definition) is 0. The van der Waals surface area contributed by atoms with Gasteiger partial charge in [-0.05, 0) is 56.0 Å². The summed E-state index contributed by atoms with van der Waals surface area (Å²) in [5, 5.41) is 0. The third-order valence-corrected chi connectivity index (χ3v) is 7.73. The highest BCUT2D eigenvalue weighted by Crippen LogP contribution is 2.25. The molecule has 1 heterocycles. The topological polar surface area (TPSA) is 107 Å². The molecule has 0 radical (unpaired) electrons. The maximum absolute atomic E-state index is 12.9. The van der Waals surface area contributed by atoms with Gasteiger partial charge >= 0.3 is 11.9 Å². The van der Waals surface area contributed by atoms with Crippen LogP contribution in [-0.2, 0) is 30.7 Å². The lowest BCUT2D eigenvalue weighted by atomic mass is 9.98. The van der Waals surface area contributed by atoms with Crippen molar-refractivity contribution in [3.8, 4) is 0 Å². The summed E-state index contributed by atoms with van der Waals surface area (Å²) >= 11 is 0. The van der Waals surface area contributed by atoms with Crippen LogP contribution in [0.5, 0.6) is 0 Å². The lowest BCUT2D eigenvalue weighted by molar-refractivity contribution is -0.148. The molecule has 182 valence electrons. The Labute approximate surface area is 199 Å². The number of aryl methyl sites for hydroxylation is 1. The summed E-state index contributed by atoms with van der Waals surface area (Å²) in [4.78, 5) is 36.5. The van der Waals surface area contributed by atoms with Crippen molar-refractivity contribution in [2.75, 3.05) is 26.3 Å². The van der Waals surface area contributed by atoms with Gasteiger partial charge in [0.1, 0.15) is 0 Å². The third kappa shape index (κ3) is 6.09. The molecule has 1 fully saturated rings. The number of ketones is 1. The van der Waals surface area contributed by atoms with E-state index in [9.17, 15) is 22.8 Å². The summed E-state index contributed by atoms with van der Waals surface area (Å²) in [7, 11) is -3.76. The van der Waals surface area contributed by atoms with Gasteiger partial charge < -0.3 is 9.47 Å². The molecule has 34 heavy (non-hydrogen) atoms.